The molecule has 3 aromatic carbocycles. The summed E-state index contributed by atoms with van der Waals surface area (Å²) in [6, 6.07) is 31.6. The lowest BCUT2D eigenvalue weighted by Gasteiger charge is -2.26. The van der Waals surface area contributed by atoms with Crippen LogP contribution in [0.5, 0.6) is 0 Å². The summed E-state index contributed by atoms with van der Waals surface area (Å²) in [6.07, 6.45) is 2.86. The molecule has 0 radical (unpaired) electrons. The molecule has 0 N–H and O–H groups in total. The zero-order valence-electron chi connectivity index (χ0n) is 18.8. The molecule has 3 aliphatic rings. The predicted octanol–water partition coefficient (Wildman–Crippen LogP) is 7.02. The summed E-state index contributed by atoms with van der Waals surface area (Å²) >= 11 is 1.86. The van der Waals surface area contributed by atoms with Crippen molar-refractivity contribution in [2.45, 2.75) is 57.3 Å². The van der Waals surface area contributed by atoms with Gasteiger partial charge in [-0.15, -0.1) is 0 Å². The second kappa shape index (κ2) is 11.0. The highest BCUT2D eigenvalue weighted by atomic mass is 32.2. The number of fused-ring (bicyclic) bond motifs is 1. The summed E-state index contributed by atoms with van der Waals surface area (Å²) in [6.45, 7) is 8.28. The third-order valence-electron chi connectivity index (χ3n) is 6.17. The quantitative estimate of drug-likeness (QED) is 0.355. The molecule has 2 saturated heterocycles. The van der Waals surface area contributed by atoms with E-state index >= 15 is 0 Å². The van der Waals surface area contributed by atoms with Gasteiger partial charge >= 0.3 is 0 Å². The fourth-order valence-electron chi connectivity index (χ4n) is 4.56. The average molecular weight is 431 g/mol. The zero-order valence-corrected chi connectivity index (χ0v) is 19.6. The molecule has 31 heavy (non-hydrogen) atoms. The highest BCUT2D eigenvalue weighted by Gasteiger charge is 2.42. The first-order valence-electron chi connectivity index (χ1n) is 11.7. The highest BCUT2D eigenvalue weighted by Crippen LogP contribution is 2.41. The van der Waals surface area contributed by atoms with Gasteiger partial charge in [0.25, 0.3) is 0 Å². The maximum atomic E-state index is 2.67. The van der Waals surface area contributed by atoms with Crippen molar-refractivity contribution in [1.29, 1.82) is 0 Å². The van der Waals surface area contributed by atoms with Crippen molar-refractivity contribution < 1.29 is 0 Å². The van der Waals surface area contributed by atoms with Crippen LogP contribution in [0.25, 0.3) is 0 Å². The lowest BCUT2D eigenvalue weighted by atomic mass is 9.86. The molecule has 2 heterocycles. The maximum absolute atomic E-state index is 2.67. The van der Waals surface area contributed by atoms with E-state index in [-0.39, 0.29) is 0 Å². The van der Waals surface area contributed by atoms with E-state index in [0.717, 1.165) is 31.6 Å². The molecule has 3 fully saturated rings. The molecular formula is C28H34N2S. The van der Waals surface area contributed by atoms with Crippen molar-refractivity contribution in [3.05, 3.63) is 102 Å². The topological polar surface area (TPSA) is 6.48 Å². The molecular weight excluding hydrogens is 396 g/mol. The Hall–Kier alpha value is -2.07. The largest absolute Gasteiger partial charge is 0.296 e. The Morgan fingerprint density at radius 2 is 1.29 bits per heavy atom. The second-order valence-corrected chi connectivity index (χ2v) is 9.60. The van der Waals surface area contributed by atoms with E-state index in [1.807, 2.05) is 25.8 Å². The van der Waals surface area contributed by atoms with Gasteiger partial charge in [-0.2, -0.15) is 0 Å². The van der Waals surface area contributed by atoms with Gasteiger partial charge in [0.1, 0.15) is 0 Å². The molecule has 3 aromatic rings. The molecule has 3 heteroatoms. The third kappa shape index (κ3) is 6.00. The van der Waals surface area contributed by atoms with Crippen LogP contribution in [0, 0.1) is 5.92 Å². The Morgan fingerprint density at radius 3 is 1.77 bits per heavy atom. The Bertz CT molecular complexity index is 863. The summed E-state index contributed by atoms with van der Waals surface area (Å²) < 4.78 is 2.45. The van der Waals surface area contributed by atoms with Gasteiger partial charge in [-0.05, 0) is 59.5 Å². The first-order valence-corrected chi connectivity index (χ1v) is 12.4. The van der Waals surface area contributed by atoms with Gasteiger partial charge in [0.2, 0.25) is 0 Å². The highest BCUT2D eigenvalue weighted by molar-refractivity contribution is 7.97. The van der Waals surface area contributed by atoms with E-state index in [1.54, 1.807) is 0 Å². The van der Waals surface area contributed by atoms with Gasteiger partial charge in [-0.3, -0.25) is 4.90 Å². The number of hydrogen-bond acceptors (Lipinski definition) is 3. The first-order chi connectivity index (χ1) is 15.3. The lowest BCUT2D eigenvalue weighted by molar-refractivity contribution is 0.240. The number of nitrogens with zero attached hydrogens (tertiary/aromatic N) is 2. The molecule has 2 bridgehead atoms. The number of rotatable bonds is 8. The second-order valence-electron chi connectivity index (χ2n) is 8.43. The number of hydrogen-bond donors (Lipinski definition) is 0. The van der Waals surface area contributed by atoms with Crippen LogP contribution in [-0.4, -0.2) is 21.8 Å². The molecule has 0 amide bonds. The van der Waals surface area contributed by atoms with Crippen LogP contribution in [0.15, 0.2) is 89.8 Å². The minimum Gasteiger partial charge on any atom is -0.296 e. The van der Waals surface area contributed by atoms with Crippen LogP contribution < -0.4 is 0 Å². The Balaban J connectivity index is 0.00000112. The smallest absolute Gasteiger partial charge is 0.0347 e. The van der Waals surface area contributed by atoms with Crippen molar-refractivity contribution in [3.63, 3.8) is 0 Å². The molecule has 2 nitrogen and oxygen atoms in total. The predicted molar refractivity (Wildman–Crippen MR) is 133 cm³/mol. The van der Waals surface area contributed by atoms with Gasteiger partial charge in [0, 0.05) is 37.1 Å². The summed E-state index contributed by atoms with van der Waals surface area (Å²) in [4.78, 5) is 3.98. The molecule has 2 aliphatic heterocycles. The van der Waals surface area contributed by atoms with Crippen molar-refractivity contribution >= 4 is 11.9 Å². The Morgan fingerprint density at radius 1 is 0.742 bits per heavy atom. The summed E-state index contributed by atoms with van der Waals surface area (Å²) in [5, 5.41) is 0. The van der Waals surface area contributed by atoms with Crippen molar-refractivity contribution in [2.75, 3.05) is 6.54 Å². The van der Waals surface area contributed by atoms with Gasteiger partial charge < -0.3 is 0 Å². The fraction of sp³-hybridized carbons (Fsp3) is 0.357. The van der Waals surface area contributed by atoms with Crippen LogP contribution in [0.2, 0.25) is 0 Å². The monoisotopic (exact) mass is 430 g/mol. The summed E-state index contributed by atoms with van der Waals surface area (Å²) in [7, 11) is 0. The van der Waals surface area contributed by atoms with Crippen LogP contribution >= 0.6 is 11.9 Å². The SMILES string of the molecule is CC.c1ccc(CN(Cc2ccccc2)Sc2ccc(CN3CC4CC3C4)cc2)cc1. The zero-order chi connectivity index (χ0) is 21.5. The van der Waals surface area contributed by atoms with Crippen LogP contribution in [0.4, 0.5) is 0 Å². The Labute approximate surface area is 192 Å². The lowest BCUT2D eigenvalue weighted by Crippen LogP contribution is -2.28. The molecule has 162 valence electrons. The van der Waals surface area contributed by atoms with Gasteiger partial charge in [0.05, 0.1) is 0 Å². The van der Waals surface area contributed by atoms with Crippen LogP contribution in [0.3, 0.4) is 0 Å². The van der Waals surface area contributed by atoms with Crippen LogP contribution in [-0.2, 0) is 19.6 Å². The molecule has 1 aliphatic carbocycles. The Kier molecular flexibility index (Phi) is 7.85. The molecule has 0 spiro atoms. The third-order valence-corrected chi connectivity index (χ3v) is 7.17. The molecule has 6 rings (SSSR count). The van der Waals surface area contributed by atoms with E-state index < -0.39 is 0 Å². The van der Waals surface area contributed by atoms with Crippen molar-refractivity contribution in [3.8, 4) is 0 Å². The summed E-state index contributed by atoms with van der Waals surface area (Å²) in [5.74, 6) is 0.986. The van der Waals surface area contributed by atoms with Crippen molar-refractivity contribution in [2.24, 2.45) is 5.92 Å². The standard InChI is InChI=1S/C26H28N2S.C2H6/c1-3-7-21(8-4-1)19-28(20-22-9-5-2-6-10-22)29-26-13-11-23(12-14-26)17-27-18-24-15-25(27)16-24;1-2/h1-14,24-25H,15-20H2;1-2H3. The van der Waals surface area contributed by atoms with Gasteiger partial charge in [0.15, 0.2) is 0 Å². The summed E-state index contributed by atoms with van der Waals surface area (Å²) in [5.41, 5.74) is 4.14. The first kappa shape index (κ1) is 22.1. The maximum Gasteiger partial charge on any atom is 0.0347 e. The van der Waals surface area contributed by atoms with E-state index in [1.165, 1.54) is 41.0 Å². The minimum absolute atomic E-state index is 0.862. The molecule has 0 aromatic heterocycles. The van der Waals surface area contributed by atoms with E-state index in [9.17, 15) is 0 Å². The van der Waals surface area contributed by atoms with E-state index in [2.05, 4.69) is 94.1 Å². The van der Waals surface area contributed by atoms with E-state index in [0.29, 0.717) is 0 Å². The molecule has 1 saturated carbocycles. The van der Waals surface area contributed by atoms with Crippen LogP contribution in [0.1, 0.15) is 43.4 Å². The van der Waals surface area contributed by atoms with Gasteiger partial charge in [-0.25, -0.2) is 4.31 Å². The fourth-order valence-corrected chi connectivity index (χ4v) is 5.54. The average Bonchev–Trinajstić information content (AvgIpc) is 3.37. The molecule has 0 atom stereocenters. The number of benzene rings is 3. The van der Waals surface area contributed by atoms with Gasteiger partial charge in [-0.1, -0.05) is 86.6 Å². The van der Waals surface area contributed by atoms with Crippen molar-refractivity contribution in [1.82, 2.24) is 9.21 Å². The minimum atomic E-state index is 0.862. The normalized spacial score (nSPS) is 19.6. The molecule has 0 unspecified atom stereocenters. The van der Waals surface area contributed by atoms with E-state index in [4.69, 9.17) is 0 Å².